The largest absolute Gasteiger partial charge is 0.333 e. The minimum Gasteiger partial charge on any atom is -0.333 e. The lowest BCUT2D eigenvalue weighted by atomic mass is 9.87. The topological polar surface area (TPSA) is 64.9 Å². The molecule has 108 valence electrons. The first-order valence-corrected chi connectivity index (χ1v) is 7.98. The Morgan fingerprint density at radius 2 is 2.05 bits per heavy atom. The molecule has 4 nitrogen and oxygen atoms in total. The van der Waals surface area contributed by atoms with E-state index in [9.17, 15) is 0 Å². The van der Waals surface area contributed by atoms with Gasteiger partial charge in [-0.2, -0.15) is 4.98 Å². The molecule has 3 rings (SSSR count). The van der Waals surface area contributed by atoms with Crippen molar-refractivity contribution in [1.29, 1.82) is 0 Å². The normalized spacial score (nSPS) is 17.0. The molecule has 2 heterocycles. The second-order valence-corrected chi connectivity index (χ2v) is 7.70. The summed E-state index contributed by atoms with van der Waals surface area (Å²) < 4.78 is 5.41. The maximum absolute atomic E-state index is 6.18. The van der Waals surface area contributed by atoms with Crippen molar-refractivity contribution in [2.24, 2.45) is 11.1 Å². The number of aryl methyl sites for hydroxylation is 2. The van der Waals surface area contributed by atoms with E-state index in [0.29, 0.717) is 11.7 Å². The Hall–Kier alpha value is -1.20. The molecule has 0 aromatic carbocycles. The van der Waals surface area contributed by atoms with Crippen LogP contribution in [0.2, 0.25) is 0 Å². The van der Waals surface area contributed by atoms with Crippen molar-refractivity contribution in [2.75, 3.05) is 0 Å². The number of fused-ring (bicyclic) bond motifs is 1. The fourth-order valence-corrected chi connectivity index (χ4v) is 3.62. The van der Waals surface area contributed by atoms with E-state index in [-0.39, 0.29) is 11.5 Å². The van der Waals surface area contributed by atoms with Crippen molar-refractivity contribution >= 4 is 11.3 Å². The van der Waals surface area contributed by atoms with Crippen LogP contribution in [0.1, 0.15) is 55.9 Å². The third kappa shape index (κ3) is 2.52. The maximum atomic E-state index is 6.18. The van der Waals surface area contributed by atoms with E-state index in [0.717, 1.165) is 4.88 Å². The van der Waals surface area contributed by atoms with E-state index in [1.807, 2.05) is 0 Å². The highest BCUT2D eigenvalue weighted by atomic mass is 32.1. The van der Waals surface area contributed by atoms with Crippen molar-refractivity contribution in [2.45, 2.75) is 52.5 Å². The molecule has 2 aromatic heterocycles. The van der Waals surface area contributed by atoms with Crippen molar-refractivity contribution in [3.63, 3.8) is 0 Å². The number of hydrogen-bond acceptors (Lipinski definition) is 5. The van der Waals surface area contributed by atoms with Crippen molar-refractivity contribution in [3.05, 3.63) is 22.3 Å². The molecule has 0 amide bonds. The zero-order valence-electron chi connectivity index (χ0n) is 12.3. The van der Waals surface area contributed by atoms with Crippen LogP contribution in [0, 0.1) is 5.41 Å². The van der Waals surface area contributed by atoms with Crippen molar-refractivity contribution in [1.82, 2.24) is 10.1 Å². The van der Waals surface area contributed by atoms with Crippen LogP contribution in [0.3, 0.4) is 0 Å². The summed E-state index contributed by atoms with van der Waals surface area (Å²) in [5, 5.41) is 4.06. The van der Waals surface area contributed by atoms with E-state index in [1.165, 1.54) is 36.1 Å². The van der Waals surface area contributed by atoms with E-state index < -0.39 is 0 Å². The summed E-state index contributed by atoms with van der Waals surface area (Å²) in [4.78, 5) is 7.06. The summed E-state index contributed by atoms with van der Waals surface area (Å²) in [7, 11) is 0. The standard InChI is InChI=1S/C15H21N3OS/c1-15(2,3)12(16)13-17-14(19-18-13)11-8-9-6-4-5-7-10(9)20-11/h8,12H,4-7,16H2,1-3H3. The summed E-state index contributed by atoms with van der Waals surface area (Å²) in [6.45, 7) is 6.24. The highest BCUT2D eigenvalue weighted by Crippen LogP contribution is 2.36. The highest BCUT2D eigenvalue weighted by Gasteiger charge is 2.27. The second kappa shape index (κ2) is 4.97. The van der Waals surface area contributed by atoms with E-state index in [1.54, 1.807) is 11.3 Å². The predicted molar refractivity (Wildman–Crippen MR) is 80.6 cm³/mol. The molecule has 0 spiro atoms. The smallest absolute Gasteiger partial charge is 0.268 e. The van der Waals surface area contributed by atoms with Gasteiger partial charge >= 0.3 is 0 Å². The van der Waals surface area contributed by atoms with Gasteiger partial charge in [0.15, 0.2) is 5.82 Å². The maximum Gasteiger partial charge on any atom is 0.268 e. The van der Waals surface area contributed by atoms with Crippen LogP contribution >= 0.6 is 11.3 Å². The molecule has 1 aliphatic rings. The predicted octanol–water partition coefficient (Wildman–Crippen LogP) is 3.72. The van der Waals surface area contributed by atoms with Crippen molar-refractivity contribution < 1.29 is 4.52 Å². The molecule has 0 saturated heterocycles. The Kier molecular flexibility index (Phi) is 3.42. The van der Waals surface area contributed by atoms with Gasteiger partial charge < -0.3 is 10.3 Å². The fourth-order valence-electron chi connectivity index (χ4n) is 2.44. The number of aromatic nitrogens is 2. The number of nitrogens with two attached hydrogens (primary N) is 1. The lowest BCUT2D eigenvalue weighted by Crippen LogP contribution is -2.27. The van der Waals surface area contributed by atoms with E-state index >= 15 is 0 Å². The van der Waals surface area contributed by atoms with Crippen LogP contribution in [-0.2, 0) is 12.8 Å². The number of nitrogens with zero attached hydrogens (tertiary/aromatic N) is 2. The SMILES string of the molecule is CC(C)(C)C(N)c1noc(-c2cc3c(s2)CCCC3)n1. The summed E-state index contributed by atoms with van der Waals surface area (Å²) in [6.07, 6.45) is 4.93. The molecule has 1 atom stereocenters. The van der Waals surface area contributed by atoms with Gasteiger partial charge in [-0.25, -0.2) is 0 Å². The van der Waals surface area contributed by atoms with Gasteiger partial charge in [-0.05, 0) is 42.7 Å². The van der Waals surface area contributed by atoms with Gasteiger partial charge in [-0.3, -0.25) is 0 Å². The third-order valence-electron chi connectivity index (χ3n) is 3.86. The summed E-state index contributed by atoms with van der Waals surface area (Å²) in [5.74, 6) is 1.21. The van der Waals surface area contributed by atoms with E-state index in [4.69, 9.17) is 10.3 Å². The Balaban J connectivity index is 1.88. The number of hydrogen-bond donors (Lipinski definition) is 1. The van der Waals surface area contributed by atoms with Crippen LogP contribution < -0.4 is 5.73 Å². The molecular weight excluding hydrogens is 270 g/mol. The minimum atomic E-state index is -0.213. The average molecular weight is 291 g/mol. The fraction of sp³-hybridized carbons (Fsp3) is 0.600. The van der Waals surface area contributed by atoms with Gasteiger partial charge in [0.05, 0.1) is 10.9 Å². The first kappa shape index (κ1) is 13.8. The van der Waals surface area contributed by atoms with Gasteiger partial charge in [0, 0.05) is 4.88 Å². The summed E-state index contributed by atoms with van der Waals surface area (Å²) in [5.41, 5.74) is 7.56. The highest BCUT2D eigenvalue weighted by molar-refractivity contribution is 7.15. The van der Waals surface area contributed by atoms with Gasteiger partial charge in [-0.15, -0.1) is 11.3 Å². The molecule has 0 fully saturated rings. The van der Waals surface area contributed by atoms with Crippen LogP contribution in [0.25, 0.3) is 10.8 Å². The van der Waals surface area contributed by atoms with Crippen LogP contribution in [0.15, 0.2) is 10.6 Å². The zero-order valence-corrected chi connectivity index (χ0v) is 13.1. The lowest BCUT2D eigenvalue weighted by molar-refractivity contribution is 0.303. The second-order valence-electron chi connectivity index (χ2n) is 6.57. The first-order valence-electron chi connectivity index (χ1n) is 7.16. The van der Waals surface area contributed by atoms with Crippen LogP contribution in [0.5, 0.6) is 0 Å². The molecule has 20 heavy (non-hydrogen) atoms. The first-order chi connectivity index (χ1) is 9.45. The molecular formula is C15H21N3OS. The third-order valence-corrected chi connectivity index (χ3v) is 5.09. The molecule has 0 radical (unpaired) electrons. The quantitative estimate of drug-likeness (QED) is 0.915. The zero-order chi connectivity index (χ0) is 14.3. The van der Waals surface area contributed by atoms with Gasteiger partial charge in [0.2, 0.25) is 0 Å². The van der Waals surface area contributed by atoms with E-state index in [2.05, 4.69) is 37.0 Å². The molecule has 1 unspecified atom stereocenters. The molecule has 5 heteroatoms. The van der Waals surface area contributed by atoms with Gasteiger partial charge in [0.1, 0.15) is 0 Å². The van der Waals surface area contributed by atoms with Gasteiger partial charge in [0.25, 0.3) is 5.89 Å². The molecule has 0 aliphatic heterocycles. The molecule has 1 aliphatic carbocycles. The molecule has 2 N–H and O–H groups in total. The van der Waals surface area contributed by atoms with Crippen LogP contribution in [-0.4, -0.2) is 10.1 Å². The lowest BCUT2D eigenvalue weighted by Gasteiger charge is -2.23. The molecule has 2 aromatic rings. The van der Waals surface area contributed by atoms with Crippen molar-refractivity contribution in [3.8, 4) is 10.8 Å². The summed E-state index contributed by atoms with van der Waals surface area (Å²) >= 11 is 1.78. The minimum absolute atomic E-state index is 0.0736. The molecule has 0 saturated carbocycles. The molecule has 0 bridgehead atoms. The van der Waals surface area contributed by atoms with Gasteiger partial charge in [-0.1, -0.05) is 25.9 Å². The summed E-state index contributed by atoms with van der Waals surface area (Å²) in [6, 6.07) is 1.99. The average Bonchev–Trinajstić information content (AvgIpc) is 3.03. The monoisotopic (exact) mass is 291 g/mol. The Morgan fingerprint density at radius 1 is 1.30 bits per heavy atom. The van der Waals surface area contributed by atoms with Crippen LogP contribution in [0.4, 0.5) is 0 Å². The number of thiophene rings is 1. The number of rotatable bonds is 2. The Bertz CT molecular complexity index is 585. The Labute approximate surface area is 123 Å². The Morgan fingerprint density at radius 3 is 2.75 bits per heavy atom.